The molecule has 3 rings (SSSR count). The van der Waals surface area contributed by atoms with Crippen molar-refractivity contribution in [2.75, 3.05) is 0 Å². The van der Waals surface area contributed by atoms with Crippen LogP contribution in [0.2, 0.25) is 0 Å². The van der Waals surface area contributed by atoms with Crippen LogP contribution in [0.15, 0.2) is 29.1 Å². The summed E-state index contributed by atoms with van der Waals surface area (Å²) >= 11 is 1.43. The molecule has 0 fully saturated rings. The number of carbonyl (C=O) groups is 1. The Bertz CT molecular complexity index is 976. The van der Waals surface area contributed by atoms with E-state index >= 15 is 0 Å². The Morgan fingerprint density at radius 3 is 2.62 bits per heavy atom. The van der Waals surface area contributed by atoms with Crippen LogP contribution in [0.4, 0.5) is 4.39 Å². The van der Waals surface area contributed by atoms with Gasteiger partial charge in [0.1, 0.15) is 10.6 Å². The van der Waals surface area contributed by atoms with E-state index in [2.05, 4.69) is 9.97 Å². The molecule has 2 aromatic heterocycles. The molecule has 1 aromatic carbocycles. The molecule has 124 valence electrons. The number of aromatic nitrogens is 2. The second-order valence-corrected chi connectivity index (χ2v) is 6.67. The molecule has 7 heteroatoms. The monoisotopic (exact) mass is 346 g/mol. The van der Waals surface area contributed by atoms with Crippen LogP contribution in [0.25, 0.3) is 10.2 Å². The molecule has 1 N–H and O–H groups in total. The van der Waals surface area contributed by atoms with Crippen molar-refractivity contribution in [3.8, 4) is 0 Å². The number of fused-ring (bicyclic) bond motifs is 1. The number of H-pyrrole nitrogens is 1. The minimum Gasteiger partial charge on any atom is -0.451 e. The summed E-state index contributed by atoms with van der Waals surface area (Å²) in [6.45, 7) is 5.43. The van der Waals surface area contributed by atoms with Crippen molar-refractivity contribution in [3.63, 3.8) is 0 Å². The highest BCUT2D eigenvalue weighted by Gasteiger charge is 2.19. The summed E-state index contributed by atoms with van der Waals surface area (Å²) in [5.41, 5.74) is 0.891. The number of aryl methyl sites for hydroxylation is 2. The Labute approximate surface area is 141 Å². The van der Waals surface area contributed by atoms with Crippen molar-refractivity contribution in [2.24, 2.45) is 0 Å². The molecule has 0 amide bonds. The highest BCUT2D eigenvalue weighted by molar-refractivity contribution is 7.18. The van der Waals surface area contributed by atoms with E-state index in [1.807, 2.05) is 13.8 Å². The predicted molar refractivity (Wildman–Crippen MR) is 89.9 cm³/mol. The zero-order valence-electron chi connectivity index (χ0n) is 13.3. The Kier molecular flexibility index (Phi) is 4.19. The fourth-order valence-corrected chi connectivity index (χ4v) is 3.37. The highest BCUT2D eigenvalue weighted by Crippen LogP contribution is 2.27. The number of hydrogen-bond donors (Lipinski definition) is 1. The molecule has 24 heavy (non-hydrogen) atoms. The van der Waals surface area contributed by atoms with Crippen molar-refractivity contribution in [3.05, 3.63) is 62.3 Å². The molecule has 1 atom stereocenters. The average molecular weight is 346 g/mol. The molecule has 0 bridgehead atoms. The van der Waals surface area contributed by atoms with Crippen LogP contribution in [-0.2, 0) is 4.74 Å². The Morgan fingerprint density at radius 2 is 1.96 bits per heavy atom. The van der Waals surface area contributed by atoms with Crippen LogP contribution >= 0.6 is 11.3 Å². The minimum atomic E-state index is -0.734. The second kappa shape index (κ2) is 6.16. The van der Waals surface area contributed by atoms with Gasteiger partial charge >= 0.3 is 5.97 Å². The summed E-state index contributed by atoms with van der Waals surface area (Å²) in [5.74, 6) is -0.757. The summed E-state index contributed by atoms with van der Waals surface area (Å²) in [4.78, 5) is 33.1. The Hall–Kier alpha value is -2.54. The van der Waals surface area contributed by atoms with Gasteiger partial charge in [0.25, 0.3) is 5.56 Å². The lowest BCUT2D eigenvalue weighted by Gasteiger charge is -2.12. The van der Waals surface area contributed by atoms with E-state index in [4.69, 9.17) is 4.74 Å². The van der Waals surface area contributed by atoms with Gasteiger partial charge in [0.05, 0.1) is 10.9 Å². The number of carbonyl (C=O) groups excluding carboxylic acids is 1. The Morgan fingerprint density at radius 1 is 1.29 bits per heavy atom. The summed E-state index contributed by atoms with van der Waals surface area (Å²) < 4.78 is 18.2. The van der Waals surface area contributed by atoms with Gasteiger partial charge in [-0.25, -0.2) is 14.2 Å². The van der Waals surface area contributed by atoms with E-state index in [-0.39, 0.29) is 16.9 Å². The van der Waals surface area contributed by atoms with Gasteiger partial charge in [-0.05, 0) is 50.6 Å². The first-order chi connectivity index (χ1) is 11.4. The van der Waals surface area contributed by atoms with Gasteiger partial charge in [-0.15, -0.1) is 11.3 Å². The quantitative estimate of drug-likeness (QED) is 0.735. The van der Waals surface area contributed by atoms with Gasteiger partial charge in [-0.1, -0.05) is 0 Å². The first kappa shape index (κ1) is 16.3. The average Bonchev–Trinajstić information content (AvgIpc) is 2.82. The molecule has 0 unspecified atom stereocenters. The third kappa shape index (κ3) is 2.94. The van der Waals surface area contributed by atoms with E-state index in [9.17, 15) is 14.0 Å². The molecule has 3 aromatic rings. The first-order valence-corrected chi connectivity index (χ1v) is 8.15. The first-order valence-electron chi connectivity index (χ1n) is 7.33. The number of hydrogen-bond acceptors (Lipinski definition) is 5. The maximum Gasteiger partial charge on any atom is 0.338 e. The fourth-order valence-electron chi connectivity index (χ4n) is 2.33. The number of halogens is 1. The molecular weight excluding hydrogens is 331 g/mol. The number of thiophene rings is 1. The van der Waals surface area contributed by atoms with Gasteiger partial charge < -0.3 is 9.72 Å². The molecular formula is C17H15FN2O3S. The summed E-state index contributed by atoms with van der Waals surface area (Å²) in [5, 5.41) is 0.568. The summed E-state index contributed by atoms with van der Waals surface area (Å²) in [6.07, 6.45) is -0.734. The third-order valence-electron chi connectivity index (χ3n) is 3.81. The number of esters is 1. The number of benzene rings is 1. The number of nitrogens with zero attached hydrogens (tertiary/aromatic N) is 1. The standard InChI is InChI=1S/C17H15FN2O3S/c1-8-10(3)24-16-13(8)15(21)19-14(20-16)9(2)23-17(22)11-4-6-12(18)7-5-11/h4-7,9H,1-3H3,(H,19,20,21)/t9-/m1/s1. The normalized spacial score (nSPS) is 12.3. The molecule has 0 spiro atoms. The van der Waals surface area contributed by atoms with Crippen LogP contribution in [-0.4, -0.2) is 15.9 Å². The van der Waals surface area contributed by atoms with E-state index in [1.165, 1.54) is 35.6 Å². The SMILES string of the molecule is Cc1sc2nc([C@@H](C)OC(=O)c3ccc(F)cc3)[nH]c(=O)c2c1C. The molecule has 0 aliphatic carbocycles. The topological polar surface area (TPSA) is 72.0 Å². The fraction of sp³-hybridized carbons (Fsp3) is 0.235. The van der Waals surface area contributed by atoms with E-state index < -0.39 is 17.9 Å². The maximum absolute atomic E-state index is 12.9. The van der Waals surface area contributed by atoms with Crippen LogP contribution in [0.3, 0.4) is 0 Å². The third-order valence-corrected chi connectivity index (χ3v) is 4.91. The molecule has 0 saturated carbocycles. The van der Waals surface area contributed by atoms with Crippen molar-refractivity contribution < 1.29 is 13.9 Å². The second-order valence-electron chi connectivity index (χ2n) is 5.47. The largest absolute Gasteiger partial charge is 0.451 e. The highest BCUT2D eigenvalue weighted by atomic mass is 32.1. The van der Waals surface area contributed by atoms with Crippen LogP contribution < -0.4 is 5.56 Å². The van der Waals surface area contributed by atoms with Gasteiger partial charge in [0, 0.05) is 4.88 Å². The summed E-state index contributed by atoms with van der Waals surface area (Å²) in [6, 6.07) is 5.06. The van der Waals surface area contributed by atoms with Crippen LogP contribution in [0.5, 0.6) is 0 Å². The van der Waals surface area contributed by atoms with E-state index in [0.717, 1.165) is 10.4 Å². The maximum atomic E-state index is 12.9. The molecule has 0 aliphatic rings. The minimum absolute atomic E-state index is 0.231. The number of aromatic amines is 1. The number of rotatable bonds is 3. The lowest BCUT2D eigenvalue weighted by molar-refractivity contribution is 0.0320. The van der Waals surface area contributed by atoms with E-state index in [1.54, 1.807) is 6.92 Å². The zero-order valence-corrected chi connectivity index (χ0v) is 14.2. The molecule has 0 radical (unpaired) electrons. The molecule has 0 aliphatic heterocycles. The summed E-state index contributed by atoms with van der Waals surface area (Å²) in [7, 11) is 0. The molecule has 5 nitrogen and oxygen atoms in total. The molecule has 2 heterocycles. The lowest BCUT2D eigenvalue weighted by atomic mass is 10.2. The zero-order chi connectivity index (χ0) is 17.4. The van der Waals surface area contributed by atoms with Gasteiger partial charge in [-0.2, -0.15) is 0 Å². The van der Waals surface area contributed by atoms with Crippen LogP contribution in [0.1, 0.15) is 39.7 Å². The molecule has 0 saturated heterocycles. The van der Waals surface area contributed by atoms with Gasteiger partial charge in [0.15, 0.2) is 11.9 Å². The van der Waals surface area contributed by atoms with E-state index in [0.29, 0.717) is 10.2 Å². The smallest absolute Gasteiger partial charge is 0.338 e. The van der Waals surface area contributed by atoms with Crippen molar-refractivity contribution in [1.82, 2.24) is 9.97 Å². The van der Waals surface area contributed by atoms with Crippen molar-refractivity contribution >= 4 is 27.5 Å². The van der Waals surface area contributed by atoms with Crippen LogP contribution in [0, 0.1) is 19.7 Å². The van der Waals surface area contributed by atoms with Crippen molar-refractivity contribution in [1.29, 1.82) is 0 Å². The lowest BCUT2D eigenvalue weighted by Crippen LogP contribution is -2.17. The predicted octanol–water partition coefficient (Wildman–Crippen LogP) is 3.66. The van der Waals surface area contributed by atoms with Gasteiger partial charge in [-0.3, -0.25) is 4.79 Å². The van der Waals surface area contributed by atoms with Crippen molar-refractivity contribution in [2.45, 2.75) is 26.9 Å². The Balaban J connectivity index is 1.88. The number of nitrogens with one attached hydrogen (secondary N) is 1. The number of ether oxygens (including phenoxy) is 1. The van der Waals surface area contributed by atoms with Gasteiger partial charge in [0.2, 0.25) is 0 Å².